The van der Waals surface area contributed by atoms with Gasteiger partial charge in [0.2, 0.25) is 0 Å². The minimum Gasteiger partial charge on any atom is -0.489 e. The number of benzene rings is 3. The summed E-state index contributed by atoms with van der Waals surface area (Å²) in [6, 6.07) is 24.4. The Bertz CT molecular complexity index is 1140. The number of hydrogen-bond acceptors (Lipinski definition) is 2. The molecule has 3 nitrogen and oxygen atoms in total. The summed E-state index contributed by atoms with van der Waals surface area (Å²) in [4.78, 5) is 2.10. The summed E-state index contributed by atoms with van der Waals surface area (Å²) in [5.41, 5.74) is 4.22. The lowest BCUT2D eigenvalue weighted by Crippen LogP contribution is -2.19. The van der Waals surface area contributed by atoms with E-state index in [9.17, 15) is 0 Å². The molecule has 5 heteroatoms. The van der Waals surface area contributed by atoms with Crippen LogP contribution in [0.25, 0.3) is 22.2 Å². The lowest BCUT2D eigenvalue weighted by molar-refractivity contribution is 0.264. The van der Waals surface area contributed by atoms with E-state index in [0.717, 1.165) is 34.5 Å². The molecule has 1 heterocycles. The summed E-state index contributed by atoms with van der Waals surface area (Å²) in [6.07, 6.45) is 0. The van der Waals surface area contributed by atoms with Crippen molar-refractivity contribution in [3.63, 3.8) is 0 Å². The maximum absolute atomic E-state index is 6.72. The van der Waals surface area contributed by atoms with Crippen LogP contribution in [0.15, 0.2) is 72.8 Å². The normalized spacial score (nSPS) is 11.4. The van der Waals surface area contributed by atoms with E-state index >= 15 is 0 Å². The molecule has 0 atom stereocenters. The summed E-state index contributed by atoms with van der Waals surface area (Å²) in [5.74, 6) is 0.818. The molecule has 0 aliphatic carbocycles. The Morgan fingerprint density at radius 1 is 0.900 bits per heavy atom. The van der Waals surface area contributed by atoms with Gasteiger partial charge in [0, 0.05) is 29.1 Å². The molecule has 0 unspecified atom stereocenters. The minimum absolute atomic E-state index is 0.571. The zero-order chi connectivity index (χ0) is 21.1. The standard InChI is InChI=1S/C25H24Cl2N2O/c1-28(2)13-14-30-25-21-15-20(26)16-22(27)24(21)29(17-18-9-5-3-6-10-18)23(25)19-11-7-4-8-12-19/h3-12,15-16H,13-14,17H2,1-2H3. The molecule has 4 rings (SSSR count). The summed E-state index contributed by atoms with van der Waals surface area (Å²) in [5, 5.41) is 2.15. The molecule has 0 amide bonds. The molecule has 1 aromatic heterocycles. The zero-order valence-corrected chi connectivity index (χ0v) is 18.6. The van der Waals surface area contributed by atoms with Crippen molar-refractivity contribution in [2.24, 2.45) is 0 Å². The first-order valence-corrected chi connectivity index (χ1v) is 10.7. The first-order valence-electron chi connectivity index (χ1n) is 9.92. The van der Waals surface area contributed by atoms with E-state index in [1.165, 1.54) is 5.56 Å². The van der Waals surface area contributed by atoms with Crippen LogP contribution < -0.4 is 4.74 Å². The van der Waals surface area contributed by atoms with Gasteiger partial charge < -0.3 is 14.2 Å². The SMILES string of the molecule is CN(C)CCOc1c(-c2ccccc2)n(Cc2ccccc2)c2c(Cl)cc(Cl)cc12. The lowest BCUT2D eigenvalue weighted by atomic mass is 10.1. The minimum atomic E-state index is 0.571. The molecular weight excluding hydrogens is 415 g/mol. The van der Waals surface area contributed by atoms with E-state index in [0.29, 0.717) is 23.2 Å². The van der Waals surface area contributed by atoms with Gasteiger partial charge in [0.25, 0.3) is 0 Å². The third-order valence-corrected chi connectivity index (χ3v) is 5.55. The van der Waals surface area contributed by atoms with Crippen LogP contribution in [0.5, 0.6) is 5.75 Å². The van der Waals surface area contributed by atoms with Crippen LogP contribution in [0, 0.1) is 0 Å². The van der Waals surface area contributed by atoms with Gasteiger partial charge >= 0.3 is 0 Å². The van der Waals surface area contributed by atoms with E-state index in [4.69, 9.17) is 27.9 Å². The Morgan fingerprint density at radius 3 is 2.23 bits per heavy atom. The van der Waals surface area contributed by atoms with Gasteiger partial charge in [-0.1, -0.05) is 83.9 Å². The van der Waals surface area contributed by atoms with Crippen molar-refractivity contribution in [2.75, 3.05) is 27.2 Å². The predicted molar refractivity (Wildman–Crippen MR) is 127 cm³/mol. The molecule has 0 aliphatic heterocycles. The molecule has 0 saturated carbocycles. The van der Waals surface area contributed by atoms with Crippen LogP contribution in [0.1, 0.15) is 5.56 Å². The number of ether oxygens (including phenoxy) is 1. The van der Waals surface area contributed by atoms with Gasteiger partial charge in [-0.3, -0.25) is 0 Å². The molecule has 4 aromatic rings. The maximum Gasteiger partial charge on any atom is 0.153 e. The number of fused-ring (bicyclic) bond motifs is 1. The van der Waals surface area contributed by atoms with Crippen LogP contribution in [0.4, 0.5) is 0 Å². The predicted octanol–water partition coefficient (Wildman–Crippen LogP) is 6.60. The van der Waals surface area contributed by atoms with Gasteiger partial charge in [0.15, 0.2) is 5.75 Å². The number of hydrogen-bond donors (Lipinski definition) is 0. The van der Waals surface area contributed by atoms with Gasteiger partial charge in [-0.25, -0.2) is 0 Å². The van der Waals surface area contributed by atoms with Crippen molar-refractivity contribution in [3.05, 3.63) is 88.4 Å². The lowest BCUT2D eigenvalue weighted by Gasteiger charge is -2.15. The number of rotatable bonds is 7. The highest BCUT2D eigenvalue weighted by Gasteiger charge is 2.23. The van der Waals surface area contributed by atoms with Crippen LogP contribution in [0.2, 0.25) is 10.0 Å². The second-order valence-electron chi connectivity index (χ2n) is 7.55. The number of halogens is 2. The molecule has 0 saturated heterocycles. The monoisotopic (exact) mass is 438 g/mol. The second-order valence-corrected chi connectivity index (χ2v) is 8.39. The molecule has 154 valence electrons. The summed E-state index contributed by atoms with van der Waals surface area (Å²) >= 11 is 13.1. The molecule has 0 fully saturated rings. The quantitative estimate of drug-likeness (QED) is 0.323. The van der Waals surface area contributed by atoms with E-state index < -0.39 is 0 Å². The second kappa shape index (κ2) is 9.13. The Labute approximate surface area is 187 Å². The van der Waals surface area contributed by atoms with E-state index in [-0.39, 0.29) is 0 Å². The van der Waals surface area contributed by atoms with E-state index in [2.05, 4.69) is 45.9 Å². The Kier molecular flexibility index (Phi) is 6.33. The van der Waals surface area contributed by atoms with Crippen molar-refractivity contribution in [3.8, 4) is 17.0 Å². The molecule has 0 aliphatic rings. The first-order chi connectivity index (χ1) is 14.5. The first kappa shape index (κ1) is 20.8. The highest BCUT2D eigenvalue weighted by molar-refractivity contribution is 6.38. The van der Waals surface area contributed by atoms with E-state index in [1.807, 2.05) is 44.4 Å². The number of likely N-dealkylation sites (N-methyl/N-ethyl adjacent to an activating group) is 1. The molecular formula is C25H24Cl2N2O. The molecule has 0 radical (unpaired) electrons. The van der Waals surface area contributed by atoms with E-state index in [1.54, 1.807) is 6.07 Å². The van der Waals surface area contributed by atoms with Gasteiger partial charge in [-0.2, -0.15) is 0 Å². The van der Waals surface area contributed by atoms with Gasteiger partial charge in [-0.15, -0.1) is 0 Å². The van der Waals surface area contributed by atoms with Crippen LogP contribution >= 0.6 is 23.2 Å². The molecule has 30 heavy (non-hydrogen) atoms. The van der Waals surface area contributed by atoms with Crippen LogP contribution in [0.3, 0.4) is 0 Å². The Hall–Kier alpha value is -2.46. The fourth-order valence-electron chi connectivity index (χ4n) is 3.66. The summed E-state index contributed by atoms with van der Waals surface area (Å²) in [7, 11) is 4.07. The number of aromatic nitrogens is 1. The van der Waals surface area contributed by atoms with Crippen LogP contribution in [-0.4, -0.2) is 36.7 Å². The van der Waals surface area contributed by atoms with Crippen molar-refractivity contribution in [1.29, 1.82) is 0 Å². The van der Waals surface area contributed by atoms with Gasteiger partial charge in [0.05, 0.1) is 16.2 Å². The van der Waals surface area contributed by atoms with Gasteiger partial charge in [-0.05, 0) is 31.8 Å². The topological polar surface area (TPSA) is 17.4 Å². The van der Waals surface area contributed by atoms with Crippen LogP contribution in [-0.2, 0) is 6.54 Å². The van der Waals surface area contributed by atoms with Crippen molar-refractivity contribution < 1.29 is 4.74 Å². The third kappa shape index (κ3) is 4.34. The fourth-order valence-corrected chi connectivity index (χ4v) is 4.25. The molecule has 0 N–H and O–H groups in total. The average Bonchev–Trinajstić information content (AvgIpc) is 3.02. The zero-order valence-electron chi connectivity index (χ0n) is 17.1. The average molecular weight is 439 g/mol. The number of nitrogens with zero attached hydrogens (tertiary/aromatic N) is 2. The van der Waals surface area contributed by atoms with Crippen molar-refractivity contribution in [1.82, 2.24) is 9.47 Å². The summed E-state index contributed by atoms with van der Waals surface area (Å²) < 4.78 is 8.60. The largest absolute Gasteiger partial charge is 0.489 e. The Morgan fingerprint density at radius 2 is 1.57 bits per heavy atom. The van der Waals surface area contributed by atoms with Gasteiger partial charge in [0.1, 0.15) is 6.61 Å². The summed E-state index contributed by atoms with van der Waals surface area (Å²) in [6.45, 7) is 2.06. The Balaban J connectivity index is 1.96. The van der Waals surface area contributed by atoms with Crippen molar-refractivity contribution >= 4 is 34.1 Å². The fraction of sp³-hybridized carbons (Fsp3) is 0.200. The van der Waals surface area contributed by atoms with Crippen molar-refractivity contribution in [2.45, 2.75) is 6.54 Å². The molecule has 3 aromatic carbocycles. The third-order valence-electron chi connectivity index (χ3n) is 5.04. The highest BCUT2D eigenvalue weighted by atomic mass is 35.5. The molecule has 0 bridgehead atoms. The molecule has 0 spiro atoms. The smallest absolute Gasteiger partial charge is 0.153 e. The maximum atomic E-state index is 6.72. The highest BCUT2D eigenvalue weighted by Crippen LogP contribution is 2.44.